The van der Waals surface area contributed by atoms with Gasteiger partial charge in [-0.3, -0.25) is 9.59 Å². The van der Waals surface area contributed by atoms with Gasteiger partial charge in [0.2, 0.25) is 11.8 Å². The largest absolute Gasteiger partial charge is 0.341 e. The van der Waals surface area contributed by atoms with Crippen molar-refractivity contribution >= 4 is 17.5 Å². The molecule has 124 valence electrons. The summed E-state index contributed by atoms with van der Waals surface area (Å²) >= 11 is 0. The molecule has 24 heavy (non-hydrogen) atoms. The molecule has 2 aromatic carbocycles. The van der Waals surface area contributed by atoms with Crippen LogP contribution in [0.25, 0.3) is 0 Å². The Morgan fingerprint density at radius 1 is 1.08 bits per heavy atom. The molecule has 4 nitrogen and oxygen atoms in total. The Bertz CT molecular complexity index is 748. The van der Waals surface area contributed by atoms with Crippen molar-refractivity contribution in [2.45, 2.75) is 13.0 Å². The summed E-state index contributed by atoms with van der Waals surface area (Å²) in [5.74, 6) is -1.52. The quantitative estimate of drug-likeness (QED) is 0.918. The topological polar surface area (TPSA) is 49.4 Å². The monoisotopic (exact) mass is 326 g/mol. The molecule has 1 aliphatic carbocycles. The third-order valence-electron chi connectivity index (χ3n) is 4.21. The number of carbonyl (C=O) groups is 2. The molecule has 0 radical (unpaired) electrons. The molecule has 1 N–H and O–H groups in total. The Morgan fingerprint density at radius 2 is 1.75 bits per heavy atom. The van der Waals surface area contributed by atoms with Gasteiger partial charge >= 0.3 is 0 Å². The number of nitrogens with zero attached hydrogens (tertiary/aromatic N) is 1. The van der Waals surface area contributed by atoms with E-state index in [0.29, 0.717) is 13.0 Å². The van der Waals surface area contributed by atoms with Crippen LogP contribution in [-0.2, 0) is 16.1 Å². The van der Waals surface area contributed by atoms with Gasteiger partial charge in [0.1, 0.15) is 5.82 Å². The minimum absolute atomic E-state index is 0.0486. The Labute approximate surface area is 140 Å². The van der Waals surface area contributed by atoms with E-state index in [1.807, 2.05) is 30.3 Å². The number of hydrogen-bond acceptors (Lipinski definition) is 2. The van der Waals surface area contributed by atoms with Crippen LogP contribution in [0.5, 0.6) is 0 Å². The fourth-order valence-electron chi connectivity index (χ4n) is 2.76. The van der Waals surface area contributed by atoms with Gasteiger partial charge in [-0.2, -0.15) is 0 Å². The zero-order chi connectivity index (χ0) is 17.1. The molecule has 2 atom stereocenters. The van der Waals surface area contributed by atoms with Crippen LogP contribution >= 0.6 is 0 Å². The predicted octanol–water partition coefficient (Wildman–Crippen LogP) is 3.06. The second-order valence-electron chi connectivity index (χ2n) is 6.10. The second-order valence-corrected chi connectivity index (χ2v) is 6.10. The van der Waals surface area contributed by atoms with E-state index >= 15 is 0 Å². The predicted molar refractivity (Wildman–Crippen MR) is 89.5 cm³/mol. The number of para-hydroxylation sites is 1. The van der Waals surface area contributed by atoms with Crippen LogP contribution in [-0.4, -0.2) is 23.8 Å². The van der Waals surface area contributed by atoms with Gasteiger partial charge in [-0.25, -0.2) is 4.39 Å². The summed E-state index contributed by atoms with van der Waals surface area (Å²) in [6.45, 7) is 0.512. The van der Waals surface area contributed by atoms with Gasteiger partial charge in [-0.1, -0.05) is 42.5 Å². The van der Waals surface area contributed by atoms with Gasteiger partial charge < -0.3 is 10.2 Å². The minimum atomic E-state index is -0.476. The molecule has 2 amide bonds. The van der Waals surface area contributed by atoms with E-state index in [1.54, 1.807) is 24.1 Å². The zero-order valence-corrected chi connectivity index (χ0v) is 13.4. The van der Waals surface area contributed by atoms with E-state index < -0.39 is 5.82 Å². The summed E-state index contributed by atoms with van der Waals surface area (Å²) < 4.78 is 13.6. The van der Waals surface area contributed by atoms with Crippen molar-refractivity contribution in [1.82, 2.24) is 4.90 Å². The Balaban J connectivity index is 1.55. The van der Waals surface area contributed by atoms with Gasteiger partial charge in [0.25, 0.3) is 0 Å². The fraction of sp³-hybridized carbons (Fsp3) is 0.263. The van der Waals surface area contributed by atoms with Gasteiger partial charge in [-0.05, 0) is 24.1 Å². The minimum Gasteiger partial charge on any atom is -0.341 e. The number of benzene rings is 2. The van der Waals surface area contributed by atoms with Crippen molar-refractivity contribution in [3.05, 3.63) is 66.0 Å². The number of halogens is 1. The molecule has 5 heteroatoms. The van der Waals surface area contributed by atoms with Crippen molar-refractivity contribution in [3.8, 4) is 0 Å². The third-order valence-corrected chi connectivity index (χ3v) is 4.21. The van der Waals surface area contributed by atoms with E-state index in [4.69, 9.17) is 0 Å². The summed E-state index contributed by atoms with van der Waals surface area (Å²) in [6.07, 6.45) is 0.512. The molecule has 3 rings (SSSR count). The van der Waals surface area contributed by atoms with Gasteiger partial charge in [0, 0.05) is 13.6 Å². The van der Waals surface area contributed by atoms with E-state index in [0.717, 1.165) is 5.56 Å². The molecule has 0 aromatic heterocycles. The molecule has 2 unspecified atom stereocenters. The van der Waals surface area contributed by atoms with Crippen molar-refractivity contribution in [2.24, 2.45) is 11.8 Å². The van der Waals surface area contributed by atoms with Crippen LogP contribution < -0.4 is 5.32 Å². The molecule has 1 aliphatic rings. The highest BCUT2D eigenvalue weighted by Crippen LogP contribution is 2.41. The molecule has 0 bridgehead atoms. The number of nitrogens with one attached hydrogen (secondary N) is 1. The lowest BCUT2D eigenvalue weighted by atomic mass is 10.2. The summed E-state index contributed by atoms with van der Waals surface area (Å²) in [7, 11) is 1.74. The molecule has 2 aromatic rings. The average Bonchev–Trinajstić information content (AvgIpc) is 3.38. The highest BCUT2D eigenvalue weighted by Gasteiger charge is 2.49. The van der Waals surface area contributed by atoms with Crippen LogP contribution in [0.2, 0.25) is 0 Å². The molecule has 0 spiro atoms. The summed E-state index contributed by atoms with van der Waals surface area (Å²) in [6, 6.07) is 15.7. The fourth-order valence-corrected chi connectivity index (χ4v) is 2.76. The molecular weight excluding hydrogens is 307 g/mol. The summed E-state index contributed by atoms with van der Waals surface area (Å²) in [5, 5.41) is 2.56. The lowest BCUT2D eigenvalue weighted by Gasteiger charge is -2.17. The maximum atomic E-state index is 13.6. The van der Waals surface area contributed by atoms with Crippen molar-refractivity contribution in [1.29, 1.82) is 0 Å². The molecular formula is C19H19FN2O2. The van der Waals surface area contributed by atoms with E-state index in [9.17, 15) is 14.0 Å². The second kappa shape index (κ2) is 6.83. The standard InChI is InChI=1S/C19H19FN2O2/c1-22(12-13-7-3-2-4-8-13)19(24)15-11-14(15)18(23)21-17-10-6-5-9-16(17)20/h2-10,14-15H,11-12H2,1H3,(H,21,23). The van der Waals surface area contributed by atoms with E-state index in [2.05, 4.69) is 5.32 Å². The normalized spacial score (nSPS) is 18.8. The average molecular weight is 326 g/mol. The first-order valence-electron chi connectivity index (χ1n) is 7.90. The molecule has 0 saturated heterocycles. The van der Waals surface area contributed by atoms with Crippen LogP contribution in [0.3, 0.4) is 0 Å². The lowest BCUT2D eigenvalue weighted by molar-refractivity contribution is -0.133. The molecule has 1 saturated carbocycles. The number of amides is 2. The Hall–Kier alpha value is -2.69. The van der Waals surface area contributed by atoms with E-state index in [-0.39, 0.29) is 29.3 Å². The van der Waals surface area contributed by atoms with Crippen LogP contribution in [0.15, 0.2) is 54.6 Å². The number of carbonyl (C=O) groups excluding carboxylic acids is 2. The highest BCUT2D eigenvalue weighted by atomic mass is 19.1. The number of rotatable bonds is 5. The maximum Gasteiger partial charge on any atom is 0.228 e. The van der Waals surface area contributed by atoms with Crippen molar-refractivity contribution in [3.63, 3.8) is 0 Å². The first kappa shape index (κ1) is 16.2. The summed E-state index contributed by atoms with van der Waals surface area (Å²) in [4.78, 5) is 26.2. The third kappa shape index (κ3) is 3.62. The van der Waals surface area contributed by atoms with Gasteiger partial charge in [0.05, 0.1) is 17.5 Å². The maximum absolute atomic E-state index is 13.6. The molecule has 1 fully saturated rings. The van der Waals surface area contributed by atoms with Gasteiger partial charge in [0.15, 0.2) is 0 Å². The van der Waals surface area contributed by atoms with Crippen molar-refractivity contribution in [2.75, 3.05) is 12.4 Å². The zero-order valence-electron chi connectivity index (χ0n) is 13.4. The van der Waals surface area contributed by atoms with Crippen molar-refractivity contribution < 1.29 is 14.0 Å². The van der Waals surface area contributed by atoms with Crippen LogP contribution in [0, 0.1) is 17.7 Å². The van der Waals surface area contributed by atoms with E-state index in [1.165, 1.54) is 12.1 Å². The number of hydrogen-bond donors (Lipinski definition) is 1. The van der Waals surface area contributed by atoms with Crippen LogP contribution in [0.1, 0.15) is 12.0 Å². The smallest absolute Gasteiger partial charge is 0.228 e. The first-order valence-corrected chi connectivity index (χ1v) is 7.90. The van der Waals surface area contributed by atoms with Gasteiger partial charge in [-0.15, -0.1) is 0 Å². The SMILES string of the molecule is CN(Cc1ccccc1)C(=O)C1CC1C(=O)Nc1ccccc1F. The number of anilines is 1. The first-order chi connectivity index (χ1) is 11.6. The lowest BCUT2D eigenvalue weighted by Crippen LogP contribution is -2.29. The highest BCUT2D eigenvalue weighted by molar-refractivity contribution is 5.99. The Morgan fingerprint density at radius 3 is 2.46 bits per heavy atom. The molecule has 0 heterocycles. The Kier molecular flexibility index (Phi) is 4.60. The molecule has 0 aliphatic heterocycles. The summed E-state index contributed by atoms with van der Waals surface area (Å²) in [5.41, 5.74) is 1.19. The van der Waals surface area contributed by atoms with Crippen LogP contribution in [0.4, 0.5) is 10.1 Å².